The molecule has 7 atom stereocenters. The maximum absolute atomic E-state index is 12.1. The largest absolute Gasteiger partial charge is 0.431 e. The molecule has 7 unspecified atom stereocenters. The summed E-state index contributed by atoms with van der Waals surface area (Å²) in [6, 6.07) is 3.40. The molecule has 4 saturated carbocycles. The molecule has 152 valence electrons. The Morgan fingerprint density at radius 3 is 2.57 bits per heavy atom. The number of rotatable bonds is 1. The fraction of sp³-hybridized carbons (Fsp3) is 0.750. The SMILES string of the molecule is CC12CCC(=O)CC1CCC1C2CCC2(C)C(c3ccc(=O)oc3)CCC12O. The Kier molecular flexibility index (Phi) is 4.01. The van der Waals surface area contributed by atoms with E-state index < -0.39 is 5.60 Å². The summed E-state index contributed by atoms with van der Waals surface area (Å²) in [4.78, 5) is 23.5. The number of hydrogen-bond acceptors (Lipinski definition) is 4. The van der Waals surface area contributed by atoms with E-state index in [1.54, 1.807) is 6.26 Å². The van der Waals surface area contributed by atoms with Crippen LogP contribution in [0, 0.1) is 28.6 Å². The summed E-state index contributed by atoms with van der Waals surface area (Å²) in [5, 5.41) is 12.1. The van der Waals surface area contributed by atoms with Crippen molar-refractivity contribution >= 4 is 5.78 Å². The van der Waals surface area contributed by atoms with E-state index >= 15 is 0 Å². The van der Waals surface area contributed by atoms with Crippen LogP contribution in [0.3, 0.4) is 0 Å². The molecule has 0 amide bonds. The Labute approximate surface area is 166 Å². The minimum atomic E-state index is -0.661. The molecule has 1 heterocycles. The average Bonchev–Trinajstić information content (AvgIpc) is 2.95. The van der Waals surface area contributed by atoms with Gasteiger partial charge in [-0.3, -0.25) is 4.79 Å². The normalized spacial score (nSPS) is 47.9. The van der Waals surface area contributed by atoms with Gasteiger partial charge in [-0.2, -0.15) is 0 Å². The topological polar surface area (TPSA) is 67.5 Å². The fourth-order valence-electron chi connectivity index (χ4n) is 8.11. The maximum atomic E-state index is 12.1. The summed E-state index contributed by atoms with van der Waals surface area (Å²) >= 11 is 0. The average molecular weight is 385 g/mol. The molecule has 1 aromatic rings. The smallest absolute Gasteiger partial charge is 0.335 e. The molecule has 4 nitrogen and oxygen atoms in total. The van der Waals surface area contributed by atoms with E-state index in [1.807, 2.05) is 6.07 Å². The first-order valence-electron chi connectivity index (χ1n) is 11.1. The molecule has 0 radical (unpaired) electrons. The van der Waals surface area contributed by atoms with Gasteiger partial charge >= 0.3 is 5.63 Å². The summed E-state index contributed by atoms with van der Waals surface area (Å²) in [6.45, 7) is 4.68. The second-order valence-corrected chi connectivity index (χ2v) is 10.6. The molecular weight excluding hydrogens is 352 g/mol. The van der Waals surface area contributed by atoms with Gasteiger partial charge < -0.3 is 9.52 Å². The van der Waals surface area contributed by atoms with Crippen LogP contribution in [-0.2, 0) is 4.79 Å². The molecule has 4 heteroatoms. The molecule has 0 spiro atoms. The number of Topliss-reactive ketones (excluding diaryl/α,β-unsaturated/α-hetero) is 1. The highest BCUT2D eigenvalue weighted by Crippen LogP contribution is 2.70. The van der Waals surface area contributed by atoms with Crippen molar-refractivity contribution in [1.29, 1.82) is 0 Å². The van der Waals surface area contributed by atoms with E-state index in [0.717, 1.165) is 63.4 Å². The highest BCUT2D eigenvalue weighted by molar-refractivity contribution is 5.79. The van der Waals surface area contributed by atoms with Gasteiger partial charge in [0.05, 0.1) is 11.9 Å². The Morgan fingerprint density at radius 2 is 1.82 bits per heavy atom. The van der Waals surface area contributed by atoms with Gasteiger partial charge in [0.2, 0.25) is 0 Å². The molecule has 1 aromatic heterocycles. The Balaban J connectivity index is 1.49. The van der Waals surface area contributed by atoms with Crippen molar-refractivity contribution in [3.63, 3.8) is 0 Å². The van der Waals surface area contributed by atoms with Gasteiger partial charge in [0.15, 0.2) is 0 Å². The predicted molar refractivity (Wildman–Crippen MR) is 106 cm³/mol. The summed E-state index contributed by atoms with van der Waals surface area (Å²) in [7, 11) is 0. The van der Waals surface area contributed by atoms with E-state index in [-0.39, 0.29) is 22.4 Å². The minimum Gasteiger partial charge on any atom is -0.431 e. The van der Waals surface area contributed by atoms with Crippen LogP contribution in [0.25, 0.3) is 0 Å². The van der Waals surface area contributed by atoms with Crippen LogP contribution in [0.2, 0.25) is 0 Å². The lowest BCUT2D eigenvalue weighted by molar-refractivity contribution is -0.200. The van der Waals surface area contributed by atoms with Gasteiger partial charge in [-0.15, -0.1) is 0 Å². The zero-order chi connectivity index (χ0) is 19.7. The van der Waals surface area contributed by atoms with Crippen LogP contribution < -0.4 is 5.63 Å². The predicted octanol–water partition coefficient (Wildman–Crippen LogP) is 4.45. The Hall–Kier alpha value is -1.42. The second-order valence-electron chi connectivity index (χ2n) is 10.6. The molecule has 1 N–H and O–H groups in total. The number of hydrogen-bond donors (Lipinski definition) is 1. The molecule has 0 aromatic carbocycles. The highest BCUT2D eigenvalue weighted by atomic mass is 16.4. The summed E-state index contributed by atoms with van der Waals surface area (Å²) in [6.07, 6.45) is 10.1. The Morgan fingerprint density at radius 1 is 1.00 bits per heavy atom. The third-order valence-corrected chi connectivity index (χ3v) is 9.79. The number of carbonyl (C=O) groups is 1. The van der Waals surface area contributed by atoms with E-state index in [4.69, 9.17) is 4.42 Å². The lowest BCUT2D eigenvalue weighted by Gasteiger charge is -2.63. The van der Waals surface area contributed by atoms with E-state index in [1.165, 1.54) is 6.07 Å². The number of carbonyl (C=O) groups excluding carboxylic acids is 1. The van der Waals surface area contributed by atoms with E-state index in [2.05, 4.69) is 13.8 Å². The van der Waals surface area contributed by atoms with Gasteiger partial charge in [0.1, 0.15) is 5.78 Å². The second kappa shape index (κ2) is 6.04. The summed E-state index contributed by atoms with van der Waals surface area (Å²) in [5.41, 5.74) is 0.1000. The molecule has 0 bridgehead atoms. The molecule has 4 aliphatic rings. The molecule has 0 saturated heterocycles. The highest BCUT2D eigenvalue weighted by Gasteiger charge is 2.67. The van der Waals surface area contributed by atoms with E-state index in [9.17, 15) is 14.7 Å². The Bertz CT molecular complexity index is 838. The number of fused-ring (bicyclic) bond motifs is 5. The van der Waals surface area contributed by atoms with Crippen LogP contribution in [0.1, 0.15) is 83.1 Å². The van der Waals surface area contributed by atoms with Crippen molar-refractivity contribution < 1.29 is 14.3 Å². The van der Waals surface area contributed by atoms with Crippen molar-refractivity contribution in [1.82, 2.24) is 0 Å². The molecule has 28 heavy (non-hydrogen) atoms. The lowest BCUT2D eigenvalue weighted by atomic mass is 9.43. The minimum absolute atomic E-state index is 0.179. The third kappa shape index (κ3) is 2.33. The monoisotopic (exact) mass is 384 g/mol. The van der Waals surface area contributed by atoms with Gasteiger partial charge in [-0.05, 0) is 85.7 Å². The van der Waals surface area contributed by atoms with Gasteiger partial charge in [0.25, 0.3) is 0 Å². The lowest BCUT2D eigenvalue weighted by Crippen LogP contribution is -2.61. The standard InChI is InChI=1S/C24H32O4/c1-22-10-7-17(25)13-16(22)4-5-20-19(22)8-11-23(2)18(9-12-24(20,23)27)15-3-6-21(26)28-14-15/h3,6,14,16,18-20,27H,4-5,7-13H2,1-2H3. The van der Waals surface area contributed by atoms with Crippen molar-refractivity contribution in [3.05, 3.63) is 34.4 Å². The number of ketones is 1. The van der Waals surface area contributed by atoms with Crippen molar-refractivity contribution in [2.45, 2.75) is 83.2 Å². The van der Waals surface area contributed by atoms with Crippen LogP contribution in [0.5, 0.6) is 0 Å². The first-order valence-corrected chi connectivity index (χ1v) is 11.1. The molecular formula is C24H32O4. The van der Waals surface area contributed by atoms with Crippen molar-refractivity contribution in [2.24, 2.45) is 28.6 Å². The fourth-order valence-corrected chi connectivity index (χ4v) is 8.11. The van der Waals surface area contributed by atoms with Gasteiger partial charge in [-0.1, -0.05) is 13.8 Å². The quantitative estimate of drug-likeness (QED) is 0.777. The van der Waals surface area contributed by atoms with Crippen LogP contribution in [-0.4, -0.2) is 16.5 Å². The first-order chi connectivity index (χ1) is 13.3. The van der Waals surface area contributed by atoms with Gasteiger partial charge in [0, 0.05) is 24.3 Å². The summed E-state index contributed by atoms with van der Waals surface area (Å²) < 4.78 is 5.16. The molecule has 4 fully saturated rings. The van der Waals surface area contributed by atoms with Crippen molar-refractivity contribution in [2.75, 3.05) is 0 Å². The first kappa shape index (κ1) is 18.6. The van der Waals surface area contributed by atoms with Crippen LogP contribution in [0.15, 0.2) is 27.6 Å². The molecule has 4 aliphatic carbocycles. The van der Waals surface area contributed by atoms with Gasteiger partial charge in [-0.25, -0.2) is 4.79 Å². The zero-order valence-electron chi connectivity index (χ0n) is 17.1. The van der Waals surface area contributed by atoms with Crippen LogP contribution in [0.4, 0.5) is 0 Å². The maximum Gasteiger partial charge on any atom is 0.335 e. The molecule has 5 rings (SSSR count). The summed E-state index contributed by atoms with van der Waals surface area (Å²) in [5.74, 6) is 2.02. The van der Waals surface area contributed by atoms with Crippen LogP contribution >= 0.6 is 0 Å². The zero-order valence-corrected chi connectivity index (χ0v) is 17.1. The molecule has 0 aliphatic heterocycles. The van der Waals surface area contributed by atoms with E-state index in [0.29, 0.717) is 23.5 Å². The number of aliphatic hydroxyl groups is 1. The third-order valence-electron chi connectivity index (χ3n) is 9.79. The van der Waals surface area contributed by atoms with Crippen molar-refractivity contribution in [3.8, 4) is 0 Å².